The normalized spacial score (nSPS) is 24.2. The molecule has 4 rings (SSSR count). The Bertz CT molecular complexity index is 1070. The standard InChI is InChI=1S/C25H33FN4O3/c1-4-29-21-14-30-20(10-9-18(25(30)33)16-7-5-8-17(26)13-16)23(29)22(19(21)15-31)24(32)27-11-6-12-28(2)3/h5,7-10,13,19,21-23,31H,4,6,11-12,14-15H2,1-3H3,(H,27,32)/t19-,21-,22+,23+/m1/s1. The van der Waals surface area contributed by atoms with E-state index in [1.807, 2.05) is 27.1 Å². The van der Waals surface area contributed by atoms with Gasteiger partial charge in [-0.2, -0.15) is 0 Å². The summed E-state index contributed by atoms with van der Waals surface area (Å²) in [6, 6.07) is 9.25. The van der Waals surface area contributed by atoms with Crippen LogP contribution < -0.4 is 10.9 Å². The van der Waals surface area contributed by atoms with Crippen LogP contribution in [0.25, 0.3) is 11.1 Å². The quantitative estimate of drug-likeness (QED) is 0.592. The zero-order valence-corrected chi connectivity index (χ0v) is 19.5. The van der Waals surface area contributed by atoms with Gasteiger partial charge in [0.05, 0.1) is 12.0 Å². The van der Waals surface area contributed by atoms with Crippen molar-refractivity contribution in [1.82, 2.24) is 19.7 Å². The van der Waals surface area contributed by atoms with Crippen molar-refractivity contribution in [3.05, 3.63) is 58.3 Å². The van der Waals surface area contributed by atoms with Gasteiger partial charge in [0.25, 0.3) is 5.56 Å². The van der Waals surface area contributed by atoms with Gasteiger partial charge in [-0.15, -0.1) is 0 Å². The van der Waals surface area contributed by atoms with E-state index in [0.717, 1.165) is 25.2 Å². The van der Waals surface area contributed by atoms with Gasteiger partial charge in [0.2, 0.25) is 5.91 Å². The molecule has 0 aliphatic carbocycles. The van der Waals surface area contributed by atoms with Crippen molar-refractivity contribution in [2.24, 2.45) is 11.8 Å². The molecule has 0 unspecified atom stereocenters. The van der Waals surface area contributed by atoms with E-state index in [0.29, 0.717) is 24.2 Å². The van der Waals surface area contributed by atoms with E-state index < -0.39 is 11.7 Å². The molecule has 7 nitrogen and oxygen atoms in total. The Morgan fingerprint density at radius 3 is 2.73 bits per heavy atom. The average molecular weight is 457 g/mol. The highest BCUT2D eigenvalue weighted by atomic mass is 19.1. The van der Waals surface area contributed by atoms with E-state index >= 15 is 0 Å². The zero-order chi connectivity index (χ0) is 23.7. The van der Waals surface area contributed by atoms with E-state index in [4.69, 9.17) is 0 Å². The minimum atomic E-state index is -0.438. The molecule has 33 heavy (non-hydrogen) atoms. The number of aliphatic hydroxyl groups is 1. The van der Waals surface area contributed by atoms with Crippen LogP contribution in [0.3, 0.4) is 0 Å². The Kier molecular flexibility index (Phi) is 6.97. The fraction of sp³-hybridized carbons (Fsp3) is 0.520. The summed E-state index contributed by atoms with van der Waals surface area (Å²) in [7, 11) is 3.99. The molecule has 2 N–H and O–H groups in total. The number of aliphatic hydroxyl groups excluding tert-OH is 1. The van der Waals surface area contributed by atoms with Gasteiger partial charge in [-0.25, -0.2) is 4.39 Å². The highest BCUT2D eigenvalue weighted by Crippen LogP contribution is 2.48. The van der Waals surface area contributed by atoms with Gasteiger partial charge >= 0.3 is 0 Å². The van der Waals surface area contributed by atoms with Crippen LogP contribution >= 0.6 is 0 Å². The van der Waals surface area contributed by atoms with Gasteiger partial charge in [-0.1, -0.05) is 19.1 Å². The number of carbonyl (C=O) groups is 1. The molecule has 1 aromatic carbocycles. The first-order valence-electron chi connectivity index (χ1n) is 11.7. The van der Waals surface area contributed by atoms with Gasteiger partial charge in [0.15, 0.2) is 0 Å². The summed E-state index contributed by atoms with van der Waals surface area (Å²) in [5.74, 6) is -1.17. The van der Waals surface area contributed by atoms with Crippen molar-refractivity contribution in [1.29, 1.82) is 0 Å². The Balaban J connectivity index is 1.69. The third-order valence-electron chi connectivity index (χ3n) is 7.06. The minimum Gasteiger partial charge on any atom is -0.396 e. The third kappa shape index (κ3) is 4.35. The molecule has 1 amide bonds. The topological polar surface area (TPSA) is 77.8 Å². The summed E-state index contributed by atoms with van der Waals surface area (Å²) in [4.78, 5) is 31.0. The summed E-state index contributed by atoms with van der Waals surface area (Å²) < 4.78 is 15.5. The van der Waals surface area contributed by atoms with Crippen molar-refractivity contribution >= 4 is 5.91 Å². The molecule has 0 radical (unpaired) electrons. The van der Waals surface area contributed by atoms with Crippen molar-refractivity contribution in [3.8, 4) is 11.1 Å². The molecule has 0 spiro atoms. The Morgan fingerprint density at radius 1 is 1.27 bits per heavy atom. The van der Waals surface area contributed by atoms with Crippen molar-refractivity contribution < 1.29 is 14.3 Å². The number of aromatic nitrogens is 1. The summed E-state index contributed by atoms with van der Waals surface area (Å²) >= 11 is 0. The number of halogens is 1. The van der Waals surface area contributed by atoms with E-state index in [-0.39, 0.29) is 36.1 Å². The van der Waals surface area contributed by atoms with Crippen molar-refractivity contribution in [3.63, 3.8) is 0 Å². The molecule has 2 bridgehead atoms. The van der Waals surface area contributed by atoms with Gasteiger partial charge < -0.3 is 19.9 Å². The predicted octanol–water partition coefficient (Wildman–Crippen LogP) is 1.71. The summed E-state index contributed by atoms with van der Waals surface area (Å²) in [5, 5.41) is 13.3. The number of fused-ring (bicyclic) bond motifs is 4. The van der Waals surface area contributed by atoms with Gasteiger partial charge in [0.1, 0.15) is 5.82 Å². The maximum atomic E-state index is 13.8. The molecule has 2 aliphatic heterocycles. The van der Waals surface area contributed by atoms with Crippen molar-refractivity contribution in [2.45, 2.75) is 32.0 Å². The number of nitrogens with zero attached hydrogens (tertiary/aromatic N) is 3. The first-order chi connectivity index (χ1) is 15.9. The number of hydrogen-bond acceptors (Lipinski definition) is 5. The Hall–Kier alpha value is -2.55. The lowest BCUT2D eigenvalue weighted by molar-refractivity contribution is -0.127. The maximum absolute atomic E-state index is 13.8. The SMILES string of the molecule is CCN1[C@@H]2Cn3c(ccc(-c4cccc(F)c4)c3=O)[C@H]1[C@@H](C(=O)NCCCN(C)C)[C@@H]2CO. The largest absolute Gasteiger partial charge is 0.396 e. The van der Waals surface area contributed by atoms with E-state index in [2.05, 4.69) is 15.1 Å². The number of benzene rings is 1. The highest BCUT2D eigenvalue weighted by Gasteiger charge is 2.55. The van der Waals surface area contributed by atoms with E-state index in [9.17, 15) is 19.1 Å². The summed E-state index contributed by atoms with van der Waals surface area (Å²) in [5.41, 5.74) is 1.57. The fourth-order valence-electron chi connectivity index (χ4n) is 5.56. The molecule has 8 heteroatoms. The number of amides is 1. The number of likely N-dealkylation sites (N-methyl/N-ethyl adjacent to an activating group) is 1. The molecular weight excluding hydrogens is 423 g/mol. The first kappa shape index (κ1) is 23.6. The Morgan fingerprint density at radius 2 is 2.06 bits per heavy atom. The number of hydrogen-bond donors (Lipinski definition) is 2. The van der Waals surface area contributed by atoms with Crippen LogP contribution in [0, 0.1) is 17.7 Å². The lowest BCUT2D eigenvalue weighted by Gasteiger charge is -2.37. The fourth-order valence-corrected chi connectivity index (χ4v) is 5.56. The summed E-state index contributed by atoms with van der Waals surface area (Å²) in [6.45, 7) is 4.49. The van der Waals surface area contributed by atoms with Crippen LogP contribution in [0.5, 0.6) is 0 Å². The van der Waals surface area contributed by atoms with Crippen LogP contribution in [-0.4, -0.2) is 71.8 Å². The second kappa shape index (κ2) is 9.75. The molecule has 2 aromatic rings. The smallest absolute Gasteiger partial charge is 0.258 e. The van der Waals surface area contributed by atoms with Crippen LogP contribution in [0.4, 0.5) is 4.39 Å². The monoisotopic (exact) mass is 456 g/mol. The van der Waals surface area contributed by atoms with Crippen LogP contribution in [0.15, 0.2) is 41.2 Å². The van der Waals surface area contributed by atoms with E-state index in [1.165, 1.54) is 12.1 Å². The van der Waals surface area contributed by atoms with Crippen LogP contribution in [-0.2, 0) is 11.3 Å². The highest BCUT2D eigenvalue weighted by molar-refractivity contribution is 5.80. The third-order valence-corrected chi connectivity index (χ3v) is 7.06. The van der Waals surface area contributed by atoms with E-state index in [1.54, 1.807) is 22.8 Å². The molecule has 1 saturated heterocycles. The number of nitrogens with one attached hydrogen (secondary N) is 1. The molecule has 1 aromatic heterocycles. The number of pyridine rings is 1. The first-order valence-corrected chi connectivity index (χ1v) is 11.7. The predicted molar refractivity (Wildman–Crippen MR) is 125 cm³/mol. The molecule has 178 valence electrons. The molecular formula is C25H33FN4O3. The Labute approximate surface area is 193 Å². The second-order valence-electron chi connectivity index (χ2n) is 9.26. The molecule has 4 atom stereocenters. The second-order valence-corrected chi connectivity index (χ2v) is 9.26. The number of rotatable bonds is 8. The van der Waals surface area contributed by atoms with Crippen LogP contribution in [0.1, 0.15) is 25.1 Å². The van der Waals surface area contributed by atoms with Gasteiger partial charge in [-0.05, 0) is 63.4 Å². The van der Waals surface area contributed by atoms with Gasteiger partial charge in [-0.3, -0.25) is 14.5 Å². The lowest BCUT2D eigenvalue weighted by Crippen LogP contribution is -2.46. The number of carbonyl (C=O) groups excluding carboxylic acids is 1. The van der Waals surface area contributed by atoms with Crippen LogP contribution in [0.2, 0.25) is 0 Å². The average Bonchev–Trinajstić information content (AvgIpc) is 3.02. The van der Waals surface area contributed by atoms with Gasteiger partial charge in [0, 0.05) is 42.9 Å². The molecule has 3 heterocycles. The lowest BCUT2D eigenvalue weighted by atomic mass is 9.86. The summed E-state index contributed by atoms with van der Waals surface area (Å²) in [6.07, 6.45) is 0.841. The molecule has 1 fully saturated rings. The molecule has 2 aliphatic rings. The van der Waals surface area contributed by atoms with Crippen molar-refractivity contribution in [2.75, 3.05) is 40.3 Å². The minimum absolute atomic E-state index is 0.0751. The zero-order valence-electron chi connectivity index (χ0n) is 19.5. The molecule has 0 saturated carbocycles. The maximum Gasteiger partial charge on any atom is 0.258 e.